The number of halogens is 4. The van der Waals surface area contributed by atoms with Crippen molar-refractivity contribution >= 4 is 40.5 Å². The molecule has 0 aliphatic heterocycles. The van der Waals surface area contributed by atoms with Crippen LogP contribution in [-0.4, -0.2) is 0 Å². The summed E-state index contributed by atoms with van der Waals surface area (Å²) in [5.41, 5.74) is 6.32. The molecule has 19 heavy (non-hydrogen) atoms. The smallest absolute Gasteiger partial charge is 0.157 e. The van der Waals surface area contributed by atoms with Crippen molar-refractivity contribution in [2.75, 3.05) is 5.73 Å². The van der Waals surface area contributed by atoms with E-state index in [9.17, 15) is 4.39 Å². The van der Waals surface area contributed by atoms with Crippen LogP contribution >= 0.6 is 34.8 Å². The van der Waals surface area contributed by atoms with Gasteiger partial charge >= 0.3 is 0 Å². The molecule has 0 aromatic heterocycles. The first kappa shape index (κ1) is 14.3. The normalized spacial score (nSPS) is 10.5. The molecular formula is C13H9Cl3FNO. The molecule has 0 spiro atoms. The van der Waals surface area contributed by atoms with Crippen molar-refractivity contribution in [3.8, 4) is 5.75 Å². The maximum atomic E-state index is 13.7. The summed E-state index contributed by atoms with van der Waals surface area (Å²) in [5, 5.41) is 0.579. The second kappa shape index (κ2) is 5.87. The highest BCUT2D eigenvalue weighted by atomic mass is 35.5. The summed E-state index contributed by atoms with van der Waals surface area (Å²) in [4.78, 5) is 0. The molecule has 0 amide bonds. The van der Waals surface area contributed by atoms with Gasteiger partial charge in [0.05, 0.1) is 15.1 Å². The van der Waals surface area contributed by atoms with E-state index < -0.39 is 5.82 Å². The molecule has 0 aliphatic carbocycles. The van der Waals surface area contributed by atoms with E-state index in [4.69, 9.17) is 45.3 Å². The van der Waals surface area contributed by atoms with Crippen LogP contribution in [0.1, 0.15) is 5.56 Å². The summed E-state index contributed by atoms with van der Waals surface area (Å²) in [6.07, 6.45) is 0. The zero-order valence-electron chi connectivity index (χ0n) is 9.59. The highest BCUT2D eigenvalue weighted by Gasteiger charge is 2.11. The summed E-state index contributed by atoms with van der Waals surface area (Å²) in [6.45, 7) is -0.0320. The van der Waals surface area contributed by atoms with Gasteiger partial charge in [-0.3, -0.25) is 0 Å². The van der Waals surface area contributed by atoms with E-state index in [-0.39, 0.29) is 27.4 Å². The van der Waals surface area contributed by atoms with Crippen molar-refractivity contribution in [2.45, 2.75) is 6.61 Å². The molecule has 0 unspecified atom stereocenters. The van der Waals surface area contributed by atoms with Crippen molar-refractivity contribution in [3.63, 3.8) is 0 Å². The predicted octanol–water partition coefficient (Wildman–Crippen LogP) is 4.95. The third-order valence-electron chi connectivity index (χ3n) is 2.42. The maximum Gasteiger partial charge on any atom is 0.157 e. The van der Waals surface area contributed by atoms with Crippen LogP contribution in [-0.2, 0) is 6.61 Å². The lowest BCUT2D eigenvalue weighted by molar-refractivity contribution is 0.300. The Hall–Kier alpha value is -1.16. The molecule has 2 aromatic carbocycles. The predicted molar refractivity (Wildman–Crippen MR) is 76.6 cm³/mol. The first-order valence-electron chi connectivity index (χ1n) is 5.29. The van der Waals surface area contributed by atoms with Crippen LogP contribution in [0, 0.1) is 5.82 Å². The molecule has 2 rings (SSSR count). The molecule has 0 saturated heterocycles. The molecule has 2 nitrogen and oxygen atoms in total. The second-order valence-electron chi connectivity index (χ2n) is 3.82. The topological polar surface area (TPSA) is 35.2 Å². The number of hydrogen-bond acceptors (Lipinski definition) is 2. The lowest BCUT2D eigenvalue weighted by Crippen LogP contribution is -2.00. The molecule has 0 saturated carbocycles. The third kappa shape index (κ3) is 3.24. The Morgan fingerprint density at radius 1 is 1.05 bits per heavy atom. The average molecular weight is 321 g/mol. The Morgan fingerprint density at radius 2 is 1.68 bits per heavy atom. The van der Waals surface area contributed by atoms with Gasteiger partial charge in [-0.25, -0.2) is 4.39 Å². The third-order valence-corrected chi connectivity index (χ3v) is 3.28. The highest BCUT2D eigenvalue weighted by Crippen LogP contribution is 2.35. The first-order chi connectivity index (χ1) is 8.99. The van der Waals surface area contributed by atoms with Gasteiger partial charge in [-0.2, -0.15) is 0 Å². The molecule has 2 aromatic rings. The fraction of sp³-hybridized carbons (Fsp3) is 0.0769. The van der Waals surface area contributed by atoms with Crippen LogP contribution < -0.4 is 10.5 Å². The fourth-order valence-electron chi connectivity index (χ4n) is 1.53. The van der Waals surface area contributed by atoms with E-state index in [1.165, 1.54) is 18.2 Å². The maximum absolute atomic E-state index is 13.7. The van der Waals surface area contributed by atoms with Crippen LogP contribution in [0.5, 0.6) is 5.75 Å². The molecule has 0 radical (unpaired) electrons. The monoisotopic (exact) mass is 319 g/mol. The minimum Gasteiger partial charge on any atom is -0.486 e. The summed E-state index contributed by atoms with van der Waals surface area (Å²) in [5.74, 6) is -0.260. The Balaban J connectivity index is 2.22. The second-order valence-corrected chi connectivity index (χ2v) is 5.04. The van der Waals surface area contributed by atoms with E-state index >= 15 is 0 Å². The van der Waals surface area contributed by atoms with E-state index in [0.717, 1.165) is 0 Å². The highest BCUT2D eigenvalue weighted by molar-refractivity contribution is 6.37. The number of hydrogen-bond donors (Lipinski definition) is 1. The largest absolute Gasteiger partial charge is 0.486 e. The Kier molecular flexibility index (Phi) is 4.40. The minimum atomic E-state index is -0.521. The Bertz CT molecular complexity index is 596. The quantitative estimate of drug-likeness (QED) is 0.812. The number of anilines is 1. The molecule has 0 bridgehead atoms. The molecule has 0 aliphatic rings. The molecule has 0 atom stereocenters. The van der Waals surface area contributed by atoms with Gasteiger partial charge in [-0.05, 0) is 18.2 Å². The Morgan fingerprint density at radius 3 is 2.32 bits per heavy atom. The van der Waals surface area contributed by atoms with E-state index in [1.807, 2.05) is 0 Å². The van der Waals surface area contributed by atoms with Crippen LogP contribution in [0.15, 0.2) is 30.3 Å². The van der Waals surface area contributed by atoms with Crippen LogP contribution in [0.25, 0.3) is 0 Å². The number of benzene rings is 2. The number of rotatable bonds is 3. The zero-order valence-corrected chi connectivity index (χ0v) is 11.9. The molecule has 0 fully saturated rings. The summed E-state index contributed by atoms with van der Waals surface area (Å²) >= 11 is 17.6. The van der Waals surface area contributed by atoms with Gasteiger partial charge < -0.3 is 10.5 Å². The van der Waals surface area contributed by atoms with Crippen molar-refractivity contribution < 1.29 is 9.13 Å². The average Bonchev–Trinajstić information content (AvgIpc) is 2.33. The Labute approximate surface area is 124 Å². The standard InChI is InChI=1S/C13H9Cl3FNO/c14-9-3-1-2-7(12(9)17)6-19-13-10(15)4-8(18)5-11(13)16/h1-5H,6,18H2. The molecule has 100 valence electrons. The van der Waals surface area contributed by atoms with Crippen molar-refractivity contribution in [1.29, 1.82) is 0 Å². The number of nitrogens with two attached hydrogens (primary N) is 1. The van der Waals surface area contributed by atoms with Gasteiger partial charge in [0.2, 0.25) is 0 Å². The fourth-order valence-corrected chi connectivity index (χ4v) is 2.33. The van der Waals surface area contributed by atoms with E-state index in [2.05, 4.69) is 0 Å². The summed E-state index contributed by atoms with van der Waals surface area (Å²) in [7, 11) is 0. The molecule has 2 N–H and O–H groups in total. The van der Waals surface area contributed by atoms with Crippen molar-refractivity contribution in [2.24, 2.45) is 0 Å². The van der Waals surface area contributed by atoms with Crippen LogP contribution in [0.2, 0.25) is 15.1 Å². The first-order valence-corrected chi connectivity index (χ1v) is 6.42. The molecular weight excluding hydrogens is 312 g/mol. The van der Waals surface area contributed by atoms with Gasteiger partial charge in [0.25, 0.3) is 0 Å². The summed E-state index contributed by atoms with van der Waals surface area (Å²) < 4.78 is 19.1. The van der Waals surface area contributed by atoms with Gasteiger partial charge in [0.15, 0.2) is 5.75 Å². The van der Waals surface area contributed by atoms with Gasteiger partial charge in [0.1, 0.15) is 12.4 Å². The minimum absolute atomic E-state index is 0.0320. The lowest BCUT2D eigenvalue weighted by atomic mass is 10.2. The zero-order chi connectivity index (χ0) is 14.0. The summed E-state index contributed by atoms with van der Waals surface area (Å²) in [6, 6.07) is 7.69. The van der Waals surface area contributed by atoms with Gasteiger partial charge in [-0.1, -0.05) is 46.9 Å². The van der Waals surface area contributed by atoms with E-state index in [1.54, 1.807) is 12.1 Å². The van der Waals surface area contributed by atoms with Gasteiger partial charge in [-0.15, -0.1) is 0 Å². The van der Waals surface area contributed by atoms with Gasteiger partial charge in [0, 0.05) is 11.3 Å². The lowest BCUT2D eigenvalue weighted by Gasteiger charge is -2.11. The van der Waals surface area contributed by atoms with Crippen molar-refractivity contribution in [1.82, 2.24) is 0 Å². The SMILES string of the molecule is Nc1cc(Cl)c(OCc2cccc(Cl)c2F)c(Cl)c1. The number of nitrogen functional groups attached to an aromatic ring is 1. The van der Waals surface area contributed by atoms with Crippen molar-refractivity contribution in [3.05, 3.63) is 56.8 Å². The van der Waals surface area contributed by atoms with Crippen LogP contribution in [0.4, 0.5) is 10.1 Å². The van der Waals surface area contributed by atoms with E-state index in [0.29, 0.717) is 11.3 Å². The van der Waals surface area contributed by atoms with Crippen LogP contribution in [0.3, 0.4) is 0 Å². The number of ether oxygens (including phenoxy) is 1. The molecule has 6 heteroatoms. The molecule has 0 heterocycles.